The van der Waals surface area contributed by atoms with E-state index in [1.54, 1.807) is 39.8 Å². The van der Waals surface area contributed by atoms with Crippen LogP contribution in [0.25, 0.3) is 0 Å². The quantitative estimate of drug-likeness (QED) is 0.0916. The van der Waals surface area contributed by atoms with Gasteiger partial charge in [0.15, 0.2) is 29.8 Å². The van der Waals surface area contributed by atoms with Gasteiger partial charge in [0.25, 0.3) is 11.7 Å². The fraction of sp³-hybridized carbons (Fsp3) is 0.348. The van der Waals surface area contributed by atoms with Gasteiger partial charge in [-0.3, -0.25) is 18.5 Å². The SMILES string of the molecule is CCCP1(=O)OP(=O)(CCC)OP(=O)(CCC)O1.Cc1cccc(Cl)c1F.O=C(Nc1cccc(Cl)c1F)c1nc2n(n1)[C@H](c1ccccc1)C[C@@H]2F.O=C(O)c1nc2n(n1)[C@H](c1ccccc1)C[C@@H]2F. The summed E-state index contributed by atoms with van der Waals surface area (Å²) < 4.78 is 110. The van der Waals surface area contributed by atoms with E-state index in [1.807, 2.05) is 60.7 Å². The monoisotopic (exact) mass is 1080 g/mol. The van der Waals surface area contributed by atoms with E-state index in [0.29, 0.717) is 24.8 Å². The highest BCUT2D eigenvalue weighted by atomic mass is 35.5. The lowest BCUT2D eigenvalue weighted by atomic mass is 10.0. The van der Waals surface area contributed by atoms with Crippen LogP contribution in [0.5, 0.6) is 0 Å². The van der Waals surface area contributed by atoms with Crippen LogP contribution in [0.2, 0.25) is 10.0 Å². The number of aromatic nitrogens is 6. The van der Waals surface area contributed by atoms with Gasteiger partial charge in [-0.1, -0.05) is 123 Å². The van der Waals surface area contributed by atoms with Crippen molar-refractivity contribution in [3.63, 3.8) is 0 Å². The predicted molar refractivity (Wildman–Crippen MR) is 260 cm³/mol. The Balaban J connectivity index is 0.000000164. The average molecular weight is 1080 g/mol. The van der Waals surface area contributed by atoms with Gasteiger partial charge in [0, 0.05) is 12.8 Å². The summed E-state index contributed by atoms with van der Waals surface area (Å²) in [6.45, 7) is 7.09. The van der Waals surface area contributed by atoms with Crippen molar-refractivity contribution in [2.24, 2.45) is 0 Å². The van der Waals surface area contributed by atoms with Gasteiger partial charge in [0.1, 0.15) is 5.82 Å². The molecule has 4 atom stereocenters. The summed E-state index contributed by atoms with van der Waals surface area (Å²) >= 11 is 11.1. The first-order chi connectivity index (χ1) is 33.7. The first-order valence-electron chi connectivity index (χ1n) is 22.3. The molecule has 0 radical (unpaired) electrons. The number of anilines is 1. The molecule has 0 unspecified atom stereocenters. The summed E-state index contributed by atoms with van der Waals surface area (Å²) in [5, 5.41) is 19.3. The van der Waals surface area contributed by atoms with Crippen molar-refractivity contribution < 1.29 is 58.9 Å². The van der Waals surface area contributed by atoms with Crippen molar-refractivity contribution in [1.82, 2.24) is 29.5 Å². The van der Waals surface area contributed by atoms with E-state index in [-0.39, 0.29) is 88.3 Å². The zero-order chi connectivity index (χ0) is 51.7. The third-order valence-corrected chi connectivity index (χ3v) is 20.2. The summed E-state index contributed by atoms with van der Waals surface area (Å²) in [6.07, 6.45) is -0.190. The van der Waals surface area contributed by atoms with E-state index in [0.717, 1.165) is 11.1 Å². The number of aryl methyl sites for hydroxylation is 1. The summed E-state index contributed by atoms with van der Waals surface area (Å²) in [6, 6.07) is 27.2. The van der Waals surface area contributed by atoms with Crippen molar-refractivity contribution in [2.45, 2.75) is 84.2 Å². The number of hydrogen-bond donors (Lipinski definition) is 2. The molecule has 0 bridgehead atoms. The van der Waals surface area contributed by atoms with Crippen molar-refractivity contribution in [2.75, 3.05) is 23.8 Å². The Bertz CT molecular complexity index is 2880. The molecule has 16 nitrogen and oxygen atoms in total. The number of alkyl halides is 2. The Morgan fingerprint density at radius 1 is 0.648 bits per heavy atom. The van der Waals surface area contributed by atoms with Gasteiger partial charge in [-0.05, 0) is 61.1 Å². The number of nitrogens with zero attached hydrogens (tertiary/aromatic N) is 6. The lowest BCUT2D eigenvalue weighted by Gasteiger charge is -2.33. The normalized spacial score (nSPS) is 23.9. The minimum absolute atomic E-state index is 0.0890. The van der Waals surface area contributed by atoms with Gasteiger partial charge < -0.3 is 10.4 Å². The number of nitrogens with one attached hydrogen (secondary N) is 1. The molecule has 4 aromatic carbocycles. The number of carboxylic acid groups (broad SMARTS) is 1. The molecule has 5 heterocycles. The van der Waals surface area contributed by atoms with Gasteiger partial charge in [-0.15, -0.1) is 10.2 Å². The smallest absolute Gasteiger partial charge is 0.375 e. The topological polar surface area (TPSA) is 207 Å². The molecular formula is C46H50Cl2F4N7O9P3. The Kier molecular flexibility index (Phi) is 18.8. The maximum atomic E-state index is 14.3. The second-order valence-electron chi connectivity index (χ2n) is 16.2. The second-order valence-corrected chi connectivity index (χ2v) is 24.0. The molecule has 71 heavy (non-hydrogen) atoms. The van der Waals surface area contributed by atoms with Gasteiger partial charge in [0.2, 0.25) is 5.82 Å². The number of fused-ring (bicyclic) bond motifs is 2. The molecule has 6 aromatic rings. The zero-order valence-corrected chi connectivity index (χ0v) is 42.9. The molecule has 1 fully saturated rings. The van der Waals surface area contributed by atoms with Crippen molar-refractivity contribution in [1.29, 1.82) is 0 Å². The van der Waals surface area contributed by atoms with Crippen LogP contribution < -0.4 is 5.32 Å². The molecule has 1 saturated heterocycles. The van der Waals surface area contributed by atoms with E-state index in [2.05, 4.69) is 25.5 Å². The summed E-state index contributed by atoms with van der Waals surface area (Å²) in [7, 11) is -10.7. The molecule has 9 rings (SSSR count). The van der Waals surface area contributed by atoms with Gasteiger partial charge in [-0.25, -0.2) is 54.6 Å². The first-order valence-corrected chi connectivity index (χ1v) is 28.3. The van der Waals surface area contributed by atoms with Crippen LogP contribution in [0.3, 0.4) is 0 Å². The van der Waals surface area contributed by atoms with Crippen molar-refractivity contribution >= 4 is 63.6 Å². The van der Waals surface area contributed by atoms with Crippen molar-refractivity contribution in [3.8, 4) is 0 Å². The average Bonchev–Trinajstić information content (AvgIpc) is 4.11. The molecule has 1 amide bonds. The van der Waals surface area contributed by atoms with Crippen LogP contribution in [0.1, 0.15) is 127 Å². The number of halogens is 6. The zero-order valence-electron chi connectivity index (χ0n) is 38.7. The van der Waals surface area contributed by atoms with Crippen LogP contribution in [-0.4, -0.2) is 65.0 Å². The summed E-state index contributed by atoms with van der Waals surface area (Å²) in [5.41, 5.74) is 2.28. The molecule has 2 N–H and O–H groups in total. The number of carbonyl (C=O) groups is 2. The third-order valence-electron chi connectivity index (χ3n) is 10.7. The van der Waals surface area contributed by atoms with E-state index in [4.69, 9.17) is 41.2 Å². The minimum atomic E-state index is -3.57. The van der Waals surface area contributed by atoms with Crippen molar-refractivity contribution in [3.05, 3.63) is 159 Å². The highest BCUT2D eigenvalue weighted by molar-refractivity contribution is 7.80. The number of aromatic carboxylic acids is 1. The molecule has 2 aromatic heterocycles. The van der Waals surface area contributed by atoms with Crippen LogP contribution in [0.4, 0.5) is 23.2 Å². The number of benzene rings is 4. The van der Waals surface area contributed by atoms with Crippen LogP contribution in [0.15, 0.2) is 97.1 Å². The van der Waals surface area contributed by atoms with E-state index < -0.39 is 52.8 Å². The van der Waals surface area contributed by atoms with Crippen LogP contribution in [-0.2, 0) is 26.6 Å². The Hall–Kier alpha value is -5.03. The molecule has 380 valence electrons. The standard InChI is InChI=1S/C18H13ClF2N4O.C12H10FN3O2.C9H21O6P3.C7H6ClF/c19-11-7-4-8-13(15(11)21)22-18(26)16-23-17-12(20)9-14(25(17)24-16)10-5-2-1-3-6-10;13-8-6-9(7-4-2-1-3-5-7)16-11(8)14-10(15-16)12(17)18;1-4-7-16(10)13-17(11,8-5-2)15-18(12,14-16)9-6-3;1-5-3-2-4-6(8)7(5)9/h1-8,12,14H,9H2,(H,22,26);1-5,8-9H,6H2,(H,17,18);4-9H2,1-3H3;2-4H,1H3/t12-,14-;8-,9-;;/m00../s1. The molecule has 3 aliphatic rings. The number of rotatable bonds is 11. The molecular weight excluding hydrogens is 1030 g/mol. The minimum Gasteiger partial charge on any atom is -0.475 e. The number of hydrogen-bond acceptors (Lipinski definition) is 12. The maximum absolute atomic E-state index is 14.3. The molecule has 0 spiro atoms. The fourth-order valence-corrected chi connectivity index (χ4v) is 17.2. The summed E-state index contributed by atoms with van der Waals surface area (Å²) in [4.78, 5) is 30.9. The lowest BCUT2D eigenvalue weighted by Crippen LogP contribution is -2.16. The summed E-state index contributed by atoms with van der Waals surface area (Å²) in [5.74, 6) is -3.42. The molecule has 0 saturated carbocycles. The Morgan fingerprint density at radius 3 is 1.46 bits per heavy atom. The molecule has 25 heteroatoms. The molecule has 3 aliphatic heterocycles. The Labute approximate surface area is 417 Å². The number of carboxylic acids is 1. The van der Waals surface area contributed by atoms with E-state index in [9.17, 15) is 40.8 Å². The number of amides is 1. The fourth-order valence-electron chi connectivity index (χ4n) is 7.52. The van der Waals surface area contributed by atoms with Gasteiger partial charge in [-0.2, -0.15) is 0 Å². The predicted octanol–water partition coefficient (Wildman–Crippen LogP) is 14.0. The third kappa shape index (κ3) is 13.7. The highest BCUT2D eigenvalue weighted by Crippen LogP contribution is 2.82. The van der Waals surface area contributed by atoms with Gasteiger partial charge >= 0.3 is 28.8 Å². The largest absolute Gasteiger partial charge is 0.475 e. The van der Waals surface area contributed by atoms with E-state index in [1.165, 1.54) is 33.6 Å². The van der Waals surface area contributed by atoms with Gasteiger partial charge in [0.05, 0.1) is 46.3 Å². The molecule has 0 aliphatic carbocycles. The Morgan fingerprint density at radius 2 is 1.06 bits per heavy atom. The first kappa shape index (κ1) is 55.3. The van der Waals surface area contributed by atoms with E-state index >= 15 is 0 Å². The number of carbonyl (C=O) groups excluding carboxylic acids is 1. The highest BCUT2D eigenvalue weighted by Gasteiger charge is 2.51. The van der Waals surface area contributed by atoms with Crippen LogP contribution in [0, 0.1) is 18.6 Å². The van der Waals surface area contributed by atoms with Crippen LogP contribution >= 0.6 is 46.0 Å². The second kappa shape index (κ2) is 24.1. The lowest BCUT2D eigenvalue weighted by molar-refractivity contribution is 0.0682. The maximum Gasteiger partial charge on any atom is 0.375 e.